The van der Waals surface area contributed by atoms with E-state index in [0.29, 0.717) is 0 Å². The van der Waals surface area contributed by atoms with Gasteiger partial charge in [0.2, 0.25) is 0 Å². The number of thiophene rings is 1. The van der Waals surface area contributed by atoms with Gasteiger partial charge in [-0.05, 0) is 60.1 Å². The van der Waals surface area contributed by atoms with Crippen molar-refractivity contribution in [3.8, 4) is 0 Å². The Morgan fingerprint density at radius 2 is 2.00 bits per heavy atom. The van der Waals surface area contributed by atoms with E-state index >= 15 is 0 Å². The molecule has 2 heterocycles. The number of halogens is 1. The van der Waals surface area contributed by atoms with Gasteiger partial charge in [-0.3, -0.25) is 0 Å². The SMILES string of the molecule is C[C@H](NCc1ccsc1)c1cc(F)ccc1N1CCN(C)CC1. The largest absolute Gasteiger partial charge is 0.369 e. The van der Waals surface area contributed by atoms with Gasteiger partial charge < -0.3 is 15.1 Å². The average molecular weight is 333 g/mol. The number of nitrogens with zero attached hydrogens (tertiary/aromatic N) is 2. The van der Waals surface area contributed by atoms with Crippen molar-refractivity contribution in [2.75, 3.05) is 38.1 Å². The van der Waals surface area contributed by atoms with Crippen LogP contribution < -0.4 is 10.2 Å². The molecule has 0 spiro atoms. The van der Waals surface area contributed by atoms with Gasteiger partial charge in [0, 0.05) is 44.5 Å². The third-order valence-electron chi connectivity index (χ3n) is 4.49. The molecule has 1 fully saturated rings. The van der Waals surface area contributed by atoms with E-state index in [9.17, 15) is 4.39 Å². The van der Waals surface area contributed by atoms with Crippen LogP contribution in [0.5, 0.6) is 0 Å². The van der Waals surface area contributed by atoms with Gasteiger partial charge in [0.25, 0.3) is 0 Å². The van der Waals surface area contributed by atoms with Gasteiger partial charge in [-0.15, -0.1) is 0 Å². The highest BCUT2D eigenvalue weighted by Crippen LogP contribution is 2.28. The van der Waals surface area contributed by atoms with Crippen LogP contribution in [0.15, 0.2) is 35.0 Å². The molecule has 1 aromatic heterocycles. The molecule has 0 aliphatic carbocycles. The predicted molar refractivity (Wildman–Crippen MR) is 95.7 cm³/mol. The summed E-state index contributed by atoms with van der Waals surface area (Å²) in [7, 11) is 2.15. The Bertz CT molecular complexity index is 621. The van der Waals surface area contributed by atoms with Crippen LogP contribution in [0.25, 0.3) is 0 Å². The first-order valence-electron chi connectivity index (χ1n) is 8.11. The highest BCUT2D eigenvalue weighted by molar-refractivity contribution is 7.07. The normalized spacial score (nSPS) is 17.4. The van der Waals surface area contributed by atoms with Gasteiger partial charge in [-0.1, -0.05) is 0 Å². The van der Waals surface area contributed by atoms with Gasteiger partial charge in [0.05, 0.1) is 0 Å². The van der Waals surface area contributed by atoms with Crippen LogP contribution in [0.3, 0.4) is 0 Å². The van der Waals surface area contributed by atoms with E-state index in [4.69, 9.17) is 0 Å². The third kappa shape index (κ3) is 4.10. The van der Waals surface area contributed by atoms with Crippen molar-refractivity contribution >= 4 is 17.0 Å². The Morgan fingerprint density at radius 1 is 1.22 bits per heavy atom. The first-order chi connectivity index (χ1) is 11.1. The fourth-order valence-corrected chi connectivity index (χ4v) is 3.65. The summed E-state index contributed by atoms with van der Waals surface area (Å²) in [4.78, 5) is 4.70. The fourth-order valence-electron chi connectivity index (χ4n) is 2.98. The van der Waals surface area contributed by atoms with Crippen LogP contribution in [0.4, 0.5) is 10.1 Å². The first kappa shape index (κ1) is 16.4. The van der Waals surface area contributed by atoms with E-state index in [2.05, 4.69) is 45.9 Å². The average Bonchev–Trinajstić information content (AvgIpc) is 3.07. The summed E-state index contributed by atoms with van der Waals surface area (Å²) in [5.74, 6) is -0.165. The number of likely N-dealkylation sites (N-methyl/N-ethyl adjacent to an activating group) is 1. The number of piperazine rings is 1. The molecule has 0 radical (unpaired) electrons. The summed E-state index contributed by atoms with van der Waals surface area (Å²) in [5, 5.41) is 7.75. The second kappa shape index (κ2) is 7.43. The van der Waals surface area contributed by atoms with Crippen LogP contribution >= 0.6 is 11.3 Å². The Hall–Kier alpha value is -1.43. The Balaban J connectivity index is 1.75. The van der Waals surface area contributed by atoms with Crippen LogP contribution in [-0.4, -0.2) is 38.1 Å². The second-order valence-electron chi connectivity index (χ2n) is 6.23. The van der Waals surface area contributed by atoms with Crippen LogP contribution in [0.2, 0.25) is 0 Å². The number of hydrogen-bond acceptors (Lipinski definition) is 4. The monoisotopic (exact) mass is 333 g/mol. The molecule has 1 aliphatic heterocycles. The van der Waals surface area contributed by atoms with Gasteiger partial charge in [-0.25, -0.2) is 4.39 Å². The van der Waals surface area contributed by atoms with E-state index in [1.165, 1.54) is 5.56 Å². The van der Waals surface area contributed by atoms with E-state index < -0.39 is 0 Å². The zero-order chi connectivity index (χ0) is 16.2. The van der Waals surface area contributed by atoms with Crippen molar-refractivity contribution in [3.05, 3.63) is 52.0 Å². The maximum Gasteiger partial charge on any atom is 0.123 e. The number of anilines is 1. The van der Waals surface area contributed by atoms with Gasteiger partial charge in [0.15, 0.2) is 0 Å². The zero-order valence-electron chi connectivity index (χ0n) is 13.8. The molecule has 3 rings (SSSR count). The van der Waals surface area contributed by atoms with Gasteiger partial charge >= 0.3 is 0 Å². The van der Waals surface area contributed by atoms with E-state index in [1.807, 2.05) is 6.07 Å². The molecule has 1 N–H and O–H groups in total. The van der Waals surface area contributed by atoms with Crippen molar-refractivity contribution in [1.82, 2.24) is 10.2 Å². The van der Waals surface area contributed by atoms with Crippen LogP contribution in [0, 0.1) is 5.82 Å². The maximum atomic E-state index is 13.8. The molecule has 23 heavy (non-hydrogen) atoms. The third-order valence-corrected chi connectivity index (χ3v) is 5.22. The molecule has 5 heteroatoms. The fraction of sp³-hybridized carbons (Fsp3) is 0.444. The minimum absolute atomic E-state index is 0.111. The molecule has 1 saturated heterocycles. The van der Waals surface area contributed by atoms with Crippen molar-refractivity contribution in [2.24, 2.45) is 0 Å². The Morgan fingerprint density at radius 3 is 2.70 bits per heavy atom. The number of nitrogens with one attached hydrogen (secondary N) is 1. The Labute approximate surface area is 141 Å². The standard InChI is InChI=1S/C18H24FN3S/c1-14(20-12-15-5-10-23-13-15)17-11-16(19)3-4-18(17)22-8-6-21(2)7-9-22/h3-5,10-11,13-14,20H,6-9,12H2,1-2H3/t14-/m0/s1. The summed E-state index contributed by atoms with van der Waals surface area (Å²) < 4.78 is 13.8. The molecule has 3 nitrogen and oxygen atoms in total. The quantitative estimate of drug-likeness (QED) is 0.904. The summed E-state index contributed by atoms with van der Waals surface area (Å²) in [5.41, 5.74) is 3.48. The predicted octanol–water partition coefficient (Wildman–Crippen LogP) is 3.49. The van der Waals surface area contributed by atoms with Crippen molar-refractivity contribution < 1.29 is 4.39 Å². The lowest BCUT2D eigenvalue weighted by Gasteiger charge is -2.36. The van der Waals surface area contributed by atoms with Crippen LogP contribution in [-0.2, 0) is 6.54 Å². The van der Waals surface area contributed by atoms with Crippen molar-refractivity contribution in [1.29, 1.82) is 0 Å². The molecule has 1 aliphatic rings. The van der Waals surface area contributed by atoms with Crippen LogP contribution in [0.1, 0.15) is 24.1 Å². The molecule has 124 valence electrons. The van der Waals surface area contributed by atoms with E-state index in [-0.39, 0.29) is 11.9 Å². The summed E-state index contributed by atoms with van der Waals surface area (Å²) in [6.07, 6.45) is 0. The first-order valence-corrected chi connectivity index (χ1v) is 9.05. The van der Waals surface area contributed by atoms with Gasteiger partial charge in [0.1, 0.15) is 5.82 Å². The van der Waals surface area contributed by atoms with Crippen molar-refractivity contribution in [3.63, 3.8) is 0 Å². The topological polar surface area (TPSA) is 18.5 Å². The molecule has 0 saturated carbocycles. The summed E-state index contributed by atoms with van der Waals surface area (Å²) >= 11 is 1.70. The lowest BCUT2D eigenvalue weighted by atomic mass is 10.0. The zero-order valence-corrected chi connectivity index (χ0v) is 14.6. The highest BCUT2D eigenvalue weighted by atomic mass is 32.1. The van der Waals surface area contributed by atoms with E-state index in [0.717, 1.165) is 44.0 Å². The number of benzene rings is 1. The van der Waals surface area contributed by atoms with Crippen molar-refractivity contribution in [2.45, 2.75) is 19.5 Å². The second-order valence-corrected chi connectivity index (χ2v) is 7.01. The molecular weight excluding hydrogens is 309 g/mol. The molecular formula is C18H24FN3S. The summed E-state index contributed by atoms with van der Waals surface area (Å²) in [6, 6.07) is 7.41. The minimum atomic E-state index is -0.165. The molecule has 1 aromatic carbocycles. The molecule has 1 atom stereocenters. The number of rotatable bonds is 5. The minimum Gasteiger partial charge on any atom is -0.369 e. The summed E-state index contributed by atoms with van der Waals surface area (Å²) in [6.45, 7) is 7.00. The van der Waals surface area contributed by atoms with Gasteiger partial charge in [-0.2, -0.15) is 11.3 Å². The smallest absolute Gasteiger partial charge is 0.123 e. The number of hydrogen-bond donors (Lipinski definition) is 1. The molecule has 0 bridgehead atoms. The lowest BCUT2D eigenvalue weighted by molar-refractivity contribution is 0.312. The molecule has 0 unspecified atom stereocenters. The Kier molecular flexibility index (Phi) is 5.30. The molecule has 0 amide bonds. The highest BCUT2D eigenvalue weighted by Gasteiger charge is 2.20. The lowest BCUT2D eigenvalue weighted by Crippen LogP contribution is -2.45. The molecule has 2 aromatic rings. The maximum absolute atomic E-state index is 13.8. The van der Waals surface area contributed by atoms with E-state index in [1.54, 1.807) is 23.5 Å².